The van der Waals surface area contributed by atoms with Crippen LogP contribution in [0.4, 0.5) is 5.69 Å². The highest BCUT2D eigenvalue weighted by Gasteiger charge is 2.26. The second-order valence-electron chi connectivity index (χ2n) is 5.80. The van der Waals surface area contributed by atoms with E-state index in [0.717, 1.165) is 30.7 Å². The molecule has 3 atom stereocenters. The van der Waals surface area contributed by atoms with Crippen LogP contribution in [-0.4, -0.2) is 12.1 Å². The van der Waals surface area contributed by atoms with Crippen molar-refractivity contribution in [3.63, 3.8) is 0 Å². The van der Waals surface area contributed by atoms with Crippen LogP contribution in [0.1, 0.15) is 38.7 Å². The third kappa shape index (κ3) is 3.98. The third-order valence-corrected chi connectivity index (χ3v) is 4.18. The molecule has 1 saturated carbocycles. The average molecular weight is 261 g/mol. The maximum atomic E-state index is 11.9. The molecule has 0 aromatic heterocycles. The Labute approximate surface area is 115 Å². The molecule has 1 aromatic carbocycles. The second-order valence-corrected chi connectivity index (χ2v) is 5.80. The SMILES string of the molecule is CC1CCC(OC(=O)Cc2ccc(N)cc2)CC1C. The Kier molecular flexibility index (Phi) is 4.46. The zero-order chi connectivity index (χ0) is 13.8. The van der Waals surface area contributed by atoms with Crippen molar-refractivity contribution in [2.75, 3.05) is 5.73 Å². The first-order chi connectivity index (χ1) is 9.04. The molecule has 0 bridgehead atoms. The zero-order valence-electron chi connectivity index (χ0n) is 11.8. The summed E-state index contributed by atoms with van der Waals surface area (Å²) in [6.07, 6.45) is 3.59. The lowest BCUT2D eigenvalue weighted by Crippen LogP contribution is -2.29. The lowest BCUT2D eigenvalue weighted by Gasteiger charge is -2.31. The number of hydrogen-bond donors (Lipinski definition) is 1. The zero-order valence-corrected chi connectivity index (χ0v) is 11.8. The van der Waals surface area contributed by atoms with E-state index >= 15 is 0 Å². The summed E-state index contributed by atoms with van der Waals surface area (Å²) in [5.41, 5.74) is 7.29. The van der Waals surface area contributed by atoms with Crippen LogP contribution in [0.5, 0.6) is 0 Å². The Hall–Kier alpha value is -1.51. The van der Waals surface area contributed by atoms with Gasteiger partial charge in [-0.15, -0.1) is 0 Å². The van der Waals surface area contributed by atoms with Crippen molar-refractivity contribution in [2.24, 2.45) is 11.8 Å². The Morgan fingerprint density at radius 1 is 1.21 bits per heavy atom. The van der Waals surface area contributed by atoms with Crippen LogP contribution in [0, 0.1) is 11.8 Å². The number of nitrogens with two attached hydrogens (primary N) is 1. The molecule has 1 aliphatic carbocycles. The van der Waals surface area contributed by atoms with Gasteiger partial charge < -0.3 is 10.5 Å². The summed E-state index contributed by atoms with van der Waals surface area (Å²) in [4.78, 5) is 11.9. The molecule has 0 amide bonds. The largest absolute Gasteiger partial charge is 0.462 e. The van der Waals surface area contributed by atoms with Gasteiger partial charge in [0.25, 0.3) is 0 Å². The Bertz CT molecular complexity index is 427. The van der Waals surface area contributed by atoms with E-state index in [1.165, 1.54) is 0 Å². The number of carbonyl (C=O) groups excluding carboxylic acids is 1. The minimum absolute atomic E-state index is 0.104. The normalized spacial score (nSPS) is 26.9. The summed E-state index contributed by atoms with van der Waals surface area (Å²) in [7, 11) is 0. The first kappa shape index (κ1) is 13.9. The Morgan fingerprint density at radius 2 is 1.89 bits per heavy atom. The highest BCUT2D eigenvalue weighted by Crippen LogP contribution is 2.31. The first-order valence-electron chi connectivity index (χ1n) is 7.08. The maximum absolute atomic E-state index is 11.9. The van der Waals surface area contributed by atoms with E-state index in [1.807, 2.05) is 24.3 Å². The number of esters is 1. The predicted octanol–water partition coefficient (Wildman–Crippen LogP) is 3.18. The third-order valence-electron chi connectivity index (χ3n) is 4.18. The highest BCUT2D eigenvalue weighted by atomic mass is 16.5. The van der Waals surface area contributed by atoms with Crippen molar-refractivity contribution in [3.8, 4) is 0 Å². The van der Waals surface area contributed by atoms with E-state index in [4.69, 9.17) is 10.5 Å². The van der Waals surface area contributed by atoms with E-state index < -0.39 is 0 Å². The van der Waals surface area contributed by atoms with Gasteiger partial charge in [-0.3, -0.25) is 4.79 Å². The molecule has 3 heteroatoms. The highest BCUT2D eigenvalue weighted by molar-refractivity contribution is 5.73. The molecule has 0 spiro atoms. The fourth-order valence-corrected chi connectivity index (χ4v) is 2.63. The Balaban J connectivity index is 1.83. The number of ether oxygens (including phenoxy) is 1. The monoisotopic (exact) mass is 261 g/mol. The summed E-state index contributed by atoms with van der Waals surface area (Å²) >= 11 is 0. The quantitative estimate of drug-likeness (QED) is 0.671. The van der Waals surface area contributed by atoms with E-state index in [2.05, 4.69) is 13.8 Å². The molecule has 0 heterocycles. The molecule has 104 valence electrons. The molecule has 3 nitrogen and oxygen atoms in total. The van der Waals surface area contributed by atoms with Crippen LogP contribution < -0.4 is 5.73 Å². The van der Waals surface area contributed by atoms with Crippen LogP contribution in [0.15, 0.2) is 24.3 Å². The minimum Gasteiger partial charge on any atom is -0.462 e. The standard InChI is InChI=1S/C16H23NO2/c1-11-3-8-15(9-12(11)2)19-16(18)10-13-4-6-14(17)7-5-13/h4-7,11-12,15H,3,8-10,17H2,1-2H3. The molecule has 3 unspecified atom stereocenters. The fourth-order valence-electron chi connectivity index (χ4n) is 2.63. The van der Waals surface area contributed by atoms with E-state index in [0.29, 0.717) is 18.0 Å². The number of benzene rings is 1. The van der Waals surface area contributed by atoms with Gasteiger partial charge in [-0.05, 0) is 48.8 Å². The smallest absolute Gasteiger partial charge is 0.310 e. The molecule has 0 radical (unpaired) electrons. The molecule has 2 N–H and O–H groups in total. The van der Waals surface area contributed by atoms with Crippen LogP contribution in [0.25, 0.3) is 0 Å². The second kappa shape index (κ2) is 6.09. The van der Waals surface area contributed by atoms with Crippen molar-refractivity contribution >= 4 is 11.7 Å². The summed E-state index contributed by atoms with van der Waals surface area (Å²) in [6.45, 7) is 4.52. The number of carbonyl (C=O) groups is 1. The van der Waals surface area contributed by atoms with Gasteiger partial charge in [0.1, 0.15) is 6.10 Å². The summed E-state index contributed by atoms with van der Waals surface area (Å²) in [5, 5.41) is 0. The molecular formula is C16H23NO2. The number of nitrogen functional groups attached to an aromatic ring is 1. The number of hydrogen-bond acceptors (Lipinski definition) is 3. The van der Waals surface area contributed by atoms with Crippen LogP contribution >= 0.6 is 0 Å². The van der Waals surface area contributed by atoms with Gasteiger partial charge in [0.2, 0.25) is 0 Å². The van der Waals surface area contributed by atoms with Gasteiger partial charge in [0.15, 0.2) is 0 Å². The molecule has 0 aliphatic heterocycles. The molecule has 1 aromatic rings. The van der Waals surface area contributed by atoms with Crippen molar-refractivity contribution < 1.29 is 9.53 Å². The van der Waals surface area contributed by atoms with Gasteiger partial charge in [0.05, 0.1) is 6.42 Å². The topological polar surface area (TPSA) is 52.3 Å². The van der Waals surface area contributed by atoms with E-state index in [9.17, 15) is 4.79 Å². The predicted molar refractivity (Wildman–Crippen MR) is 76.6 cm³/mol. The van der Waals surface area contributed by atoms with Gasteiger partial charge in [-0.25, -0.2) is 0 Å². The van der Waals surface area contributed by atoms with Crippen molar-refractivity contribution in [3.05, 3.63) is 29.8 Å². The van der Waals surface area contributed by atoms with Crippen LogP contribution in [0.3, 0.4) is 0 Å². The average Bonchev–Trinajstić information content (AvgIpc) is 2.37. The van der Waals surface area contributed by atoms with E-state index in [1.54, 1.807) is 0 Å². The summed E-state index contributed by atoms with van der Waals surface area (Å²) in [5.74, 6) is 1.26. The molecule has 1 aliphatic rings. The first-order valence-corrected chi connectivity index (χ1v) is 7.08. The van der Waals surface area contributed by atoms with Gasteiger partial charge in [0, 0.05) is 5.69 Å². The molecule has 19 heavy (non-hydrogen) atoms. The maximum Gasteiger partial charge on any atom is 0.310 e. The Morgan fingerprint density at radius 3 is 2.53 bits per heavy atom. The number of rotatable bonds is 3. The lowest BCUT2D eigenvalue weighted by molar-refractivity contribution is -0.151. The number of anilines is 1. The fraction of sp³-hybridized carbons (Fsp3) is 0.562. The lowest BCUT2D eigenvalue weighted by atomic mass is 9.80. The molecule has 1 fully saturated rings. The molecule has 2 rings (SSSR count). The van der Waals surface area contributed by atoms with Gasteiger partial charge >= 0.3 is 5.97 Å². The van der Waals surface area contributed by atoms with Crippen LogP contribution in [-0.2, 0) is 16.0 Å². The van der Waals surface area contributed by atoms with Crippen molar-refractivity contribution in [1.29, 1.82) is 0 Å². The van der Waals surface area contributed by atoms with Crippen LogP contribution in [0.2, 0.25) is 0 Å². The minimum atomic E-state index is -0.128. The summed E-state index contributed by atoms with van der Waals surface area (Å²) in [6, 6.07) is 7.38. The van der Waals surface area contributed by atoms with Gasteiger partial charge in [-0.2, -0.15) is 0 Å². The molecule has 0 saturated heterocycles. The van der Waals surface area contributed by atoms with Gasteiger partial charge in [-0.1, -0.05) is 26.0 Å². The van der Waals surface area contributed by atoms with E-state index in [-0.39, 0.29) is 12.1 Å². The molecular weight excluding hydrogens is 238 g/mol. The van der Waals surface area contributed by atoms with Crippen molar-refractivity contribution in [1.82, 2.24) is 0 Å². The summed E-state index contributed by atoms with van der Waals surface area (Å²) < 4.78 is 5.57. The van der Waals surface area contributed by atoms with Crippen molar-refractivity contribution in [2.45, 2.75) is 45.6 Å².